The first-order chi connectivity index (χ1) is 13.3. The van der Waals surface area contributed by atoms with Gasteiger partial charge < -0.3 is 10.2 Å². The highest BCUT2D eigenvalue weighted by molar-refractivity contribution is 6.35. The lowest BCUT2D eigenvalue weighted by atomic mass is 10.00. The first-order valence-electron chi connectivity index (χ1n) is 9.12. The van der Waals surface area contributed by atoms with Crippen LogP contribution >= 0.6 is 23.2 Å². The van der Waals surface area contributed by atoms with Gasteiger partial charge in [-0.05, 0) is 44.2 Å². The van der Waals surface area contributed by atoms with Crippen LogP contribution in [0.4, 0.5) is 5.69 Å². The first kappa shape index (κ1) is 20.6. The van der Waals surface area contributed by atoms with E-state index in [0.29, 0.717) is 28.9 Å². The Kier molecular flexibility index (Phi) is 5.98. The molecule has 1 unspecified atom stereocenters. The highest BCUT2D eigenvalue weighted by Crippen LogP contribution is 2.34. The lowest BCUT2D eigenvalue weighted by Gasteiger charge is -2.34. The molecule has 28 heavy (non-hydrogen) atoms. The third-order valence-corrected chi connectivity index (χ3v) is 5.68. The van der Waals surface area contributed by atoms with Crippen LogP contribution in [0.3, 0.4) is 0 Å². The minimum absolute atomic E-state index is 0.0922. The molecule has 0 aromatic heterocycles. The molecule has 1 aliphatic rings. The van der Waals surface area contributed by atoms with Crippen molar-refractivity contribution < 1.29 is 9.59 Å². The van der Waals surface area contributed by atoms with Crippen LogP contribution in [0.15, 0.2) is 48.5 Å². The van der Waals surface area contributed by atoms with Crippen molar-refractivity contribution in [1.82, 2.24) is 9.80 Å². The molecule has 3 rings (SSSR count). The number of halogens is 2. The second kappa shape index (κ2) is 8.11. The van der Waals surface area contributed by atoms with Crippen LogP contribution in [0.1, 0.15) is 32.4 Å². The number of carbonyl (C=O) groups is 2. The monoisotopic (exact) mass is 419 g/mol. The second-order valence-electron chi connectivity index (χ2n) is 7.26. The van der Waals surface area contributed by atoms with Crippen molar-refractivity contribution in [3.05, 3.63) is 64.1 Å². The number of anilines is 1. The van der Waals surface area contributed by atoms with Gasteiger partial charge in [0.2, 0.25) is 11.8 Å². The predicted octanol–water partition coefficient (Wildman–Crippen LogP) is 4.57. The normalized spacial score (nSPS) is 17.8. The van der Waals surface area contributed by atoms with Crippen molar-refractivity contribution in [1.29, 1.82) is 0 Å². The molecule has 5 nitrogen and oxygen atoms in total. The molecule has 1 atom stereocenters. The highest BCUT2D eigenvalue weighted by atomic mass is 35.5. The summed E-state index contributed by atoms with van der Waals surface area (Å²) in [6.45, 7) is 6.55. The Balaban J connectivity index is 1.85. The SMILES string of the molecule is CCN1CN(C(C)(C)C(=O)Nc2cc(Cl)ccc2Cl)C(=O)C1c1ccccc1. The topological polar surface area (TPSA) is 52.6 Å². The maximum atomic E-state index is 13.3. The van der Waals surface area contributed by atoms with E-state index in [-0.39, 0.29) is 11.8 Å². The zero-order chi connectivity index (χ0) is 20.5. The fourth-order valence-corrected chi connectivity index (χ4v) is 3.69. The van der Waals surface area contributed by atoms with Crippen molar-refractivity contribution >= 4 is 40.7 Å². The van der Waals surface area contributed by atoms with Gasteiger partial charge >= 0.3 is 0 Å². The molecule has 148 valence electrons. The number of benzene rings is 2. The van der Waals surface area contributed by atoms with Crippen LogP contribution in [0.25, 0.3) is 0 Å². The van der Waals surface area contributed by atoms with E-state index in [1.165, 1.54) is 0 Å². The number of hydrogen-bond donors (Lipinski definition) is 1. The Hall–Kier alpha value is -2.08. The first-order valence-corrected chi connectivity index (χ1v) is 9.88. The molecule has 2 amide bonds. The molecule has 0 saturated carbocycles. The molecule has 0 aliphatic carbocycles. The molecule has 1 heterocycles. The van der Waals surface area contributed by atoms with Crippen LogP contribution in [0.5, 0.6) is 0 Å². The summed E-state index contributed by atoms with van der Waals surface area (Å²) in [6, 6.07) is 14.1. The summed E-state index contributed by atoms with van der Waals surface area (Å²) in [5.74, 6) is -0.417. The third kappa shape index (κ3) is 3.88. The van der Waals surface area contributed by atoms with E-state index in [9.17, 15) is 9.59 Å². The van der Waals surface area contributed by atoms with Gasteiger partial charge in [0, 0.05) is 5.02 Å². The molecule has 0 spiro atoms. The zero-order valence-electron chi connectivity index (χ0n) is 16.1. The average molecular weight is 420 g/mol. The molecule has 1 N–H and O–H groups in total. The fourth-order valence-electron chi connectivity index (χ4n) is 3.35. The summed E-state index contributed by atoms with van der Waals surface area (Å²) in [4.78, 5) is 30.0. The van der Waals surface area contributed by atoms with Crippen LogP contribution in [0, 0.1) is 0 Å². The van der Waals surface area contributed by atoms with E-state index in [4.69, 9.17) is 23.2 Å². The quantitative estimate of drug-likeness (QED) is 0.771. The zero-order valence-corrected chi connectivity index (χ0v) is 17.6. The van der Waals surface area contributed by atoms with Crippen molar-refractivity contribution in [3.63, 3.8) is 0 Å². The number of amides is 2. The number of rotatable bonds is 5. The number of carbonyl (C=O) groups excluding carboxylic acids is 2. The van der Waals surface area contributed by atoms with E-state index < -0.39 is 11.6 Å². The van der Waals surface area contributed by atoms with E-state index in [0.717, 1.165) is 5.56 Å². The Labute approximate surface area is 175 Å². The number of nitrogens with zero attached hydrogens (tertiary/aromatic N) is 2. The minimum Gasteiger partial charge on any atom is -0.323 e. The average Bonchev–Trinajstić information content (AvgIpc) is 3.02. The van der Waals surface area contributed by atoms with Gasteiger partial charge in [-0.2, -0.15) is 0 Å². The van der Waals surface area contributed by atoms with Gasteiger partial charge in [-0.15, -0.1) is 0 Å². The lowest BCUT2D eigenvalue weighted by Crippen LogP contribution is -2.54. The molecule has 7 heteroatoms. The van der Waals surface area contributed by atoms with Gasteiger partial charge in [0.05, 0.1) is 17.4 Å². The standard InChI is InChI=1S/C21H23Cl2N3O2/c1-4-25-13-26(19(27)18(25)14-8-6-5-7-9-14)21(2,3)20(28)24-17-12-15(22)10-11-16(17)23/h5-12,18H,4,13H2,1-3H3,(H,24,28). The Morgan fingerprint density at radius 2 is 1.86 bits per heavy atom. The summed E-state index contributed by atoms with van der Waals surface area (Å²) in [5.41, 5.74) is 0.274. The van der Waals surface area contributed by atoms with E-state index in [2.05, 4.69) is 10.2 Å². The number of nitrogens with one attached hydrogen (secondary N) is 1. The third-order valence-electron chi connectivity index (χ3n) is 5.12. The molecule has 1 saturated heterocycles. The minimum atomic E-state index is -1.07. The van der Waals surface area contributed by atoms with Crippen LogP contribution in [0.2, 0.25) is 10.0 Å². The summed E-state index contributed by atoms with van der Waals surface area (Å²) < 4.78 is 0. The summed E-state index contributed by atoms with van der Waals surface area (Å²) in [5, 5.41) is 3.66. The van der Waals surface area contributed by atoms with Crippen molar-refractivity contribution in [2.75, 3.05) is 18.5 Å². The lowest BCUT2D eigenvalue weighted by molar-refractivity contribution is -0.140. The fraction of sp³-hybridized carbons (Fsp3) is 0.333. The molecule has 1 fully saturated rings. The van der Waals surface area contributed by atoms with Crippen molar-refractivity contribution in [3.8, 4) is 0 Å². The molecular formula is C21H23Cl2N3O2. The smallest absolute Gasteiger partial charge is 0.249 e. The molecular weight excluding hydrogens is 397 g/mol. The molecule has 2 aromatic carbocycles. The Morgan fingerprint density at radius 1 is 1.18 bits per heavy atom. The largest absolute Gasteiger partial charge is 0.323 e. The van der Waals surface area contributed by atoms with Gasteiger partial charge in [0.1, 0.15) is 11.6 Å². The van der Waals surface area contributed by atoms with Crippen molar-refractivity contribution in [2.45, 2.75) is 32.4 Å². The Morgan fingerprint density at radius 3 is 2.50 bits per heavy atom. The second-order valence-corrected chi connectivity index (χ2v) is 8.11. The number of likely N-dealkylation sites (N-methyl/N-ethyl adjacent to an activating group) is 1. The van der Waals surface area contributed by atoms with Gasteiger partial charge in [-0.25, -0.2) is 0 Å². The molecule has 0 bridgehead atoms. The summed E-state index contributed by atoms with van der Waals surface area (Å²) >= 11 is 12.2. The van der Waals surface area contributed by atoms with E-state index >= 15 is 0 Å². The predicted molar refractivity (Wildman–Crippen MR) is 112 cm³/mol. The van der Waals surface area contributed by atoms with Crippen molar-refractivity contribution in [2.24, 2.45) is 0 Å². The molecule has 1 aliphatic heterocycles. The van der Waals surface area contributed by atoms with Gasteiger partial charge in [-0.3, -0.25) is 14.5 Å². The number of hydrogen-bond acceptors (Lipinski definition) is 3. The summed E-state index contributed by atoms with van der Waals surface area (Å²) in [7, 11) is 0. The maximum Gasteiger partial charge on any atom is 0.249 e. The summed E-state index contributed by atoms with van der Waals surface area (Å²) in [6.07, 6.45) is 0. The van der Waals surface area contributed by atoms with E-state index in [1.54, 1.807) is 36.9 Å². The van der Waals surface area contributed by atoms with Gasteiger partial charge in [0.25, 0.3) is 0 Å². The van der Waals surface area contributed by atoms with Crippen LogP contribution < -0.4 is 5.32 Å². The van der Waals surface area contributed by atoms with E-state index in [1.807, 2.05) is 37.3 Å². The van der Waals surface area contributed by atoms with Gasteiger partial charge in [-0.1, -0.05) is 60.5 Å². The highest BCUT2D eigenvalue weighted by Gasteiger charge is 2.47. The van der Waals surface area contributed by atoms with Crippen LogP contribution in [-0.4, -0.2) is 40.4 Å². The molecule has 2 aromatic rings. The Bertz CT molecular complexity index is 886. The molecule has 0 radical (unpaired) electrons. The maximum absolute atomic E-state index is 13.3. The van der Waals surface area contributed by atoms with Crippen LogP contribution in [-0.2, 0) is 9.59 Å². The van der Waals surface area contributed by atoms with Gasteiger partial charge in [0.15, 0.2) is 0 Å².